The molecule has 1 aliphatic heterocycles. The summed E-state index contributed by atoms with van der Waals surface area (Å²) in [5, 5.41) is 13.1. The van der Waals surface area contributed by atoms with Gasteiger partial charge in [-0.3, -0.25) is 9.89 Å². The molecular weight excluding hydrogens is 434 g/mol. The SMILES string of the molecule is Cc1cc(Nc2nc(N3CCN(C(=O)c4cccc(Cl)c4)CC3)nc3ccsc23)n[nH]1. The van der Waals surface area contributed by atoms with E-state index in [0.29, 0.717) is 48.5 Å². The molecule has 0 atom stereocenters. The summed E-state index contributed by atoms with van der Waals surface area (Å²) in [5.41, 5.74) is 2.47. The summed E-state index contributed by atoms with van der Waals surface area (Å²) in [4.78, 5) is 26.3. The van der Waals surface area contributed by atoms with Gasteiger partial charge in [0.25, 0.3) is 5.91 Å². The van der Waals surface area contributed by atoms with Crippen LogP contribution in [0.2, 0.25) is 5.02 Å². The van der Waals surface area contributed by atoms with Crippen LogP contribution in [-0.4, -0.2) is 57.2 Å². The third-order valence-electron chi connectivity index (χ3n) is 5.17. The number of thiophene rings is 1. The van der Waals surface area contributed by atoms with Crippen molar-refractivity contribution in [3.05, 3.63) is 58.1 Å². The molecule has 0 radical (unpaired) electrons. The van der Waals surface area contributed by atoms with Gasteiger partial charge in [-0.15, -0.1) is 11.3 Å². The highest BCUT2D eigenvalue weighted by molar-refractivity contribution is 7.17. The summed E-state index contributed by atoms with van der Waals surface area (Å²) in [6, 6.07) is 11.0. The number of nitrogens with one attached hydrogen (secondary N) is 2. The normalized spacial score (nSPS) is 14.3. The molecule has 10 heteroatoms. The lowest BCUT2D eigenvalue weighted by atomic mass is 10.2. The molecule has 1 aliphatic rings. The summed E-state index contributed by atoms with van der Waals surface area (Å²) in [6.07, 6.45) is 0. The van der Waals surface area contributed by atoms with Gasteiger partial charge in [0.15, 0.2) is 11.6 Å². The van der Waals surface area contributed by atoms with Crippen molar-refractivity contribution < 1.29 is 4.79 Å². The highest BCUT2D eigenvalue weighted by atomic mass is 35.5. The van der Waals surface area contributed by atoms with Gasteiger partial charge in [-0.1, -0.05) is 17.7 Å². The monoisotopic (exact) mass is 453 g/mol. The fourth-order valence-electron chi connectivity index (χ4n) is 3.59. The van der Waals surface area contributed by atoms with Crippen LogP contribution in [-0.2, 0) is 0 Å². The van der Waals surface area contributed by atoms with E-state index in [1.807, 2.05) is 29.3 Å². The van der Waals surface area contributed by atoms with E-state index in [4.69, 9.17) is 21.6 Å². The first-order valence-electron chi connectivity index (χ1n) is 9.91. The Kier molecular flexibility index (Phi) is 5.21. The maximum absolute atomic E-state index is 12.8. The number of fused-ring (bicyclic) bond motifs is 1. The van der Waals surface area contributed by atoms with Gasteiger partial charge < -0.3 is 15.1 Å². The van der Waals surface area contributed by atoms with Gasteiger partial charge in [0, 0.05) is 48.5 Å². The van der Waals surface area contributed by atoms with E-state index >= 15 is 0 Å². The highest BCUT2D eigenvalue weighted by Crippen LogP contribution is 2.30. The van der Waals surface area contributed by atoms with Crippen LogP contribution in [0.5, 0.6) is 0 Å². The molecular formula is C21H20ClN7OS. The van der Waals surface area contributed by atoms with Gasteiger partial charge in [0.05, 0.1) is 10.2 Å². The molecule has 1 saturated heterocycles. The smallest absolute Gasteiger partial charge is 0.254 e. The fourth-order valence-corrected chi connectivity index (χ4v) is 4.56. The van der Waals surface area contributed by atoms with E-state index in [-0.39, 0.29) is 5.91 Å². The lowest BCUT2D eigenvalue weighted by Gasteiger charge is -2.35. The Morgan fingerprint density at radius 1 is 1.16 bits per heavy atom. The van der Waals surface area contributed by atoms with Crippen LogP contribution in [0.1, 0.15) is 16.1 Å². The Morgan fingerprint density at radius 3 is 2.74 bits per heavy atom. The van der Waals surface area contributed by atoms with Gasteiger partial charge in [0.1, 0.15) is 0 Å². The zero-order valence-electron chi connectivity index (χ0n) is 16.8. The number of aromatic nitrogens is 4. The third kappa shape index (κ3) is 4.06. The number of aryl methyl sites for hydroxylation is 1. The van der Waals surface area contributed by atoms with Gasteiger partial charge in [-0.2, -0.15) is 10.1 Å². The summed E-state index contributed by atoms with van der Waals surface area (Å²) in [5.74, 6) is 2.09. The predicted octanol–water partition coefficient (Wildman–Crippen LogP) is 4.08. The van der Waals surface area contributed by atoms with Crippen molar-refractivity contribution in [2.75, 3.05) is 36.4 Å². The number of carbonyl (C=O) groups is 1. The topological polar surface area (TPSA) is 90.0 Å². The number of rotatable bonds is 4. The molecule has 1 aromatic carbocycles. The van der Waals surface area contributed by atoms with Crippen LogP contribution < -0.4 is 10.2 Å². The van der Waals surface area contributed by atoms with E-state index in [9.17, 15) is 4.79 Å². The van der Waals surface area contributed by atoms with Gasteiger partial charge in [0.2, 0.25) is 5.95 Å². The average Bonchev–Trinajstić information content (AvgIpc) is 3.42. The minimum atomic E-state index is -0.00684. The maximum Gasteiger partial charge on any atom is 0.254 e. The number of piperazine rings is 1. The first-order chi connectivity index (χ1) is 15.1. The number of aromatic amines is 1. The Labute approximate surface area is 187 Å². The fraction of sp³-hybridized carbons (Fsp3) is 0.238. The average molecular weight is 454 g/mol. The zero-order chi connectivity index (χ0) is 21.4. The van der Waals surface area contributed by atoms with Crippen LogP contribution in [0.4, 0.5) is 17.6 Å². The summed E-state index contributed by atoms with van der Waals surface area (Å²) < 4.78 is 0.985. The number of anilines is 3. The molecule has 0 bridgehead atoms. The molecule has 158 valence electrons. The molecule has 0 spiro atoms. The minimum Gasteiger partial charge on any atom is -0.337 e. The molecule has 0 unspecified atom stereocenters. The van der Waals surface area contributed by atoms with Gasteiger partial charge >= 0.3 is 0 Å². The summed E-state index contributed by atoms with van der Waals surface area (Å²) in [7, 11) is 0. The second-order valence-electron chi connectivity index (χ2n) is 7.36. The van der Waals surface area contributed by atoms with Crippen molar-refractivity contribution in [3.63, 3.8) is 0 Å². The number of nitrogens with zero attached hydrogens (tertiary/aromatic N) is 5. The molecule has 4 aromatic rings. The molecule has 8 nitrogen and oxygen atoms in total. The number of halogens is 1. The van der Waals surface area contributed by atoms with Crippen molar-refractivity contribution >= 4 is 56.6 Å². The zero-order valence-corrected chi connectivity index (χ0v) is 18.4. The van der Waals surface area contributed by atoms with E-state index in [1.165, 1.54) is 0 Å². The van der Waals surface area contributed by atoms with Crippen molar-refractivity contribution in [3.8, 4) is 0 Å². The first-order valence-corrected chi connectivity index (χ1v) is 11.2. The molecule has 4 heterocycles. The van der Waals surface area contributed by atoms with E-state index in [0.717, 1.165) is 21.7 Å². The molecule has 2 N–H and O–H groups in total. The first kappa shape index (κ1) is 19.8. The highest BCUT2D eigenvalue weighted by Gasteiger charge is 2.24. The van der Waals surface area contributed by atoms with Crippen LogP contribution in [0.15, 0.2) is 41.8 Å². The quantitative estimate of drug-likeness (QED) is 0.484. The van der Waals surface area contributed by atoms with Crippen LogP contribution in [0.3, 0.4) is 0 Å². The number of H-pyrrole nitrogens is 1. The Balaban J connectivity index is 1.34. The Bertz CT molecular complexity index is 1250. The number of hydrogen-bond acceptors (Lipinski definition) is 7. The lowest BCUT2D eigenvalue weighted by Crippen LogP contribution is -2.49. The number of amides is 1. The number of benzene rings is 1. The van der Waals surface area contributed by atoms with Gasteiger partial charge in [-0.25, -0.2) is 4.98 Å². The van der Waals surface area contributed by atoms with Crippen LogP contribution in [0.25, 0.3) is 10.2 Å². The Morgan fingerprint density at radius 2 is 2.00 bits per heavy atom. The largest absolute Gasteiger partial charge is 0.337 e. The van der Waals surface area contributed by atoms with Crippen LogP contribution >= 0.6 is 22.9 Å². The van der Waals surface area contributed by atoms with E-state index in [1.54, 1.807) is 35.6 Å². The lowest BCUT2D eigenvalue weighted by molar-refractivity contribution is 0.0746. The molecule has 3 aromatic heterocycles. The van der Waals surface area contributed by atoms with Crippen molar-refractivity contribution in [1.82, 2.24) is 25.1 Å². The predicted molar refractivity (Wildman–Crippen MR) is 124 cm³/mol. The number of hydrogen-bond donors (Lipinski definition) is 2. The molecule has 1 amide bonds. The second kappa shape index (κ2) is 8.16. The second-order valence-corrected chi connectivity index (χ2v) is 8.71. The molecule has 0 aliphatic carbocycles. The molecule has 1 fully saturated rings. The minimum absolute atomic E-state index is 0.00684. The van der Waals surface area contributed by atoms with E-state index in [2.05, 4.69) is 20.4 Å². The number of carbonyl (C=O) groups excluding carboxylic acids is 1. The molecule has 5 rings (SSSR count). The van der Waals surface area contributed by atoms with Crippen molar-refractivity contribution in [1.29, 1.82) is 0 Å². The molecule has 31 heavy (non-hydrogen) atoms. The van der Waals surface area contributed by atoms with Crippen LogP contribution in [0, 0.1) is 6.92 Å². The molecule has 0 saturated carbocycles. The van der Waals surface area contributed by atoms with Crippen molar-refractivity contribution in [2.24, 2.45) is 0 Å². The van der Waals surface area contributed by atoms with Gasteiger partial charge in [-0.05, 0) is 36.6 Å². The maximum atomic E-state index is 12.8. The Hall–Kier alpha value is -3.17. The summed E-state index contributed by atoms with van der Waals surface area (Å²) in [6.45, 7) is 4.45. The third-order valence-corrected chi connectivity index (χ3v) is 6.31. The van der Waals surface area contributed by atoms with E-state index < -0.39 is 0 Å². The van der Waals surface area contributed by atoms with Crippen molar-refractivity contribution in [2.45, 2.75) is 6.92 Å². The standard InChI is InChI=1S/C21H20ClN7OS/c1-13-11-17(27-26-13)24-19-18-16(5-10-31-18)23-21(25-19)29-8-6-28(7-9-29)20(30)14-3-2-4-15(22)12-14/h2-5,10-12H,6-9H2,1H3,(H2,23,24,25,26,27). The summed E-state index contributed by atoms with van der Waals surface area (Å²) >= 11 is 7.63.